The summed E-state index contributed by atoms with van der Waals surface area (Å²) >= 11 is 4.70. The number of carbonyl (C=O) groups is 1. The Morgan fingerprint density at radius 2 is 1.89 bits per heavy atom. The van der Waals surface area contributed by atoms with E-state index in [1.807, 2.05) is 57.2 Å². The highest BCUT2D eigenvalue weighted by molar-refractivity contribution is 9.10. The topological polar surface area (TPSA) is 68.0 Å². The molecule has 0 fully saturated rings. The molecule has 0 saturated heterocycles. The standard InChI is InChI=1S/C20H20BrN3O2S/c1-11-5-8-17(16(21)9-11)22-18(25)14(4)27-20-24-23-19(26-20)15-7-6-12(2)13(3)10-15/h5-10,14H,1-4H3,(H,22,25). The number of thioether (sulfide) groups is 1. The molecule has 7 heteroatoms. The van der Waals surface area contributed by atoms with Crippen LogP contribution in [-0.2, 0) is 4.79 Å². The van der Waals surface area contributed by atoms with Gasteiger partial charge in [0.2, 0.25) is 11.8 Å². The Labute approximate surface area is 171 Å². The van der Waals surface area contributed by atoms with E-state index in [-0.39, 0.29) is 11.2 Å². The third-order valence-electron chi connectivity index (χ3n) is 4.19. The number of carbonyl (C=O) groups excluding carboxylic acids is 1. The zero-order valence-electron chi connectivity index (χ0n) is 15.5. The van der Waals surface area contributed by atoms with Crippen molar-refractivity contribution in [3.63, 3.8) is 0 Å². The molecule has 2 aromatic carbocycles. The predicted octanol–water partition coefficient (Wildman–Crippen LogP) is 5.54. The van der Waals surface area contributed by atoms with Crippen molar-refractivity contribution >= 4 is 39.3 Å². The molecular formula is C20H20BrN3O2S. The number of halogens is 1. The number of anilines is 1. The fourth-order valence-electron chi connectivity index (χ4n) is 2.41. The lowest BCUT2D eigenvalue weighted by Crippen LogP contribution is -2.22. The van der Waals surface area contributed by atoms with Gasteiger partial charge in [-0.1, -0.05) is 23.9 Å². The molecule has 3 aromatic rings. The van der Waals surface area contributed by atoms with Crippen LogP contribution < -0.4 is 5.32 Å². The van der Waals surface area contributed by atoms with E-state index >= 15 is 0 Å². The summed E-state index contributed by atoms with van der Waals surface area (Å²) in [4.78, 5) is 12.5. The molecule has 0 saturated carbocycles. The van der Waals surface area contributed by atoms with E-state index in [4.69, 9.17) is 4.42 Å². The first-order valence-corrected chi connectivity index (χ1v) is 10.2. The number of rotatable bonds is 5. The molecule has 3 rings (SSSR count). The van der Waals surface area contributed by atoms with Gasteiger partial charge in [0.1, 0.15) is 0 Å². The monoisotopic (exact) mass is 445 g/mol. The molecule has 1 unspecified atom stereocenters. The third kappa shape index (κ3) is 4.78. The van der Waals surface area contributed by atoms with Crippen molar-refractivity contribution in [2.45, 2.75) is 38.2 Å². The molecule has 0 radical (unpaired) electrons. The van der Waals surface area contributed by atoms with E-state index < -0.39 is 0 Å². The van der Waals surface area contributed by atoms with Gasteiger partial charge in [-0.2, -0.15) is 0 Å². The quantitative estimate of drug-likeness (QED) is 0.521. The van der Waals surface area contributed by atoms with Crippen molar-refractivity contribution in [2.24, 2.45) is 0 Å². The Balaban J connectivity index is 1.67. The van der Waals surface area contributed by atoms with Crippen LogP contribution in [0, 0.1) is 20.8 Å². The minimum absolute atomic E-state index is 0.129. The molecule has 1 heterocycles. The third-order valence-corrected chi connectivity index (χ3v) is 5.78. The van der Waals surface area contributed by atoms with Gasteiger partial charge < -0.3 is 9.73 Å². The predicted molar refractivity (Wildman–Crippen MR) is 112 cm³/mol. The fourth-order valence-corrected chi connectivity index (χ4v) is 3.68. The van der Waals surface area contributed by atoms with Crippen LogP contribution in [0.3, 0.4) is 0 Å². The Morgan fingerprint density at radius 1 is 1.11 bits per heavy atom. The number of hydrogen-bond donors (Lipinski definition) is 1. The summed E-state index contributed by atoms with van der Waals surface area (Å²) in [5.41, 5.74) is 5.10. The van der Waals surface area contributed by atoms with Crippen molar-refractivity contribution in [1.29, 1.82) is 0 Å². The zero-order valence-corrected chi connectivity index (χ0v) is 17.9. The number of nitrogens with zero attached hydrogens (tertiary/aromatic N) is 2. The lowest BCUT2D eigenvalue weighted by atomic mass is 10.1. The van der Waals surface area contributed by atoms with Crippen molar-refractivity contribution in [2.75, 3.05) is 5.32 Å². The summed E-state index contributed by atoms with van der Waals surface area (Å²) in [6.07, 6.45) is 0. The normalized spacial score (nSPS) is 12.0. The van der Waals surface area contributed by atoms with Crippen LogP contribution in [0.2, 0.25) is 0 Å². The summed E-state index contributed by atoms with van der Waals surface area (Å²) in [6, 6.07) is 11.8. The summed E-state index contributed by atoms with van der Waals surface area (Å²) in [6.45, 7) is 7.90. The molecule has 1 aromatic heterocycles. The van der Waals surface area contributed by atoms with Crippen LogP contribution >= 0.6 is 27.7 Å². The molecule has 1 amide bonds. The maximum absolute atomic E-state index is 12.5. The molecule has 27 heavy (non-hydrogen) atoms. The van der Waals surface area contributed by atoms with Crippen LogP contribution in [0.25, 0.3) is 11.5 Å². The number of aryl methyl sites for hydroxylation is 3. The van der Waals surface area contributed by atoms with Crippen LogP contribution in [0.5, 0.6) is 0 Å². The number of nitrogens with one attached hydrogen (secondary N) is 1. The molecule has 1 atom stereocenters. The number of amides is 1. The van der Waals surface area contributed by atoms with Crippen LogP contribution in [-0.4, -0.2) is 21.4 Å². The first-order chi connectivity index (χ1) is 12.8. The molecule has 5 nitrogen and oxygen atoms in total. The Hall–Kier alpha value is -2.12. The lowest BCUT2D eigenvalue weighted by Gasteiger charge is -2.11. The zero-order chi connectivity index (χ0) is 19.6. The maximum Gasteiger partial charge on any atom is 0.277 e. The van der Waals surface area contributed by atoms with E-state index in [0.29, 0.717) is 11.1 Å². The molecule has 0 aliphatic heterocycles. The van der Waals surface area contributed by atoms with Crippen molar-refractivity contribution in [1.82, 2.24) is 10.2 Å². The second-order valence-corrected chi connectivity index (χ2v) is 8.55. The molecule has 0 aliphatic rings. The molecule has 0 spiro atoms. The van der Waals surface area contributed by atoms with Gasteiger partial charge >= 0.3 is 0 Å². The second kappa shape index (κ2) is 8.27. The van der Waals surface area contributed by atoms with Crippen LogP contribution in [0.15, 0.2) is 50.5 Å². The number of benzene rings is 2. The first-order valence-electron chi connectivity index (χ1n) is 8.48. The Bertz CT molecular complexity index is 987. The molecule has 0 bridgehead atoms. The smallest absolute Gasteiger partial charge is 0.277 e. The van der Waals surface area contributed by atoms with E-state index in [0.717, 1.165) is 26.9 Å². The highest BCUT2D eigenvalue weighted by Crippen LogP contribution is 2.29. The van der Waals surface area contributed by atoms with Gasteiger partial charge in [0, 0.05) is 10.0 Å². The SMILES string of the molecule is Cc1ccc(NC(=O)C(C)Sc2nnc(-c3ccc(C)c(C)c3)o2)c(Br)c1. The molecule has 1 N–H and O–H groups in total. The lowest BCUT2D eigenvalue weighted by molar-refractivity contribution is -0.115. The number of aromatic nitrogens is 2. The van der Waals surface area contributed by atoms with Crippen LogP contribution in [0.1, 0.15) is 23.6 Å². The highest BCUT2D eigenvalue weighted by Gasteiger charge is 2.19. The average molecular weight is 446 g/mol. The van der Waals surface area contributed by atoms with Gasteiger partial charge in [0.05, 0.1) is 10.9 Å². The minimum atomic E-state index is -0.383. The Kier molecular flexibility index (Phi) is 6.01. The summed E-state index contributed by atoms with van der Waals surface area (Å²) in [5, 5.41) is 11.1. The summed E-state index contributed by atoms with van der Waals surface area (Å²) < 4.78 is 6.58. The van der Waals surface area contributed by atoms with E-state index in [1.54, 1.807) is 0 Å². The average Bonchev–Trinajstić information content (AvgIpc) is 3.08. The first kappa shape index (κ1) is 19.6. The minimum Gasteiger partial charge on any atom is -0.411 e. The van der Waals surface area contributed by atoms with Crippen LogP contribution in [0.4, 0.5) is 5.69 Å². The van der Waals surface area contributed by atoms with Crippen molar-refractivity contribution < 1.29 is 9.21 Å². The van der Waals surface area contributed by atoms with Crippen molar-refractivity contribution in [3.8, 4) is 11.5 Å². The van der Waals surface area contributed by atoms with E-state index in [9.17, 15) is 4.79 Å². The number of hydrogen-bond acceptors (Lipinski definition) is 5. The highest BCUT2D eigenvalue weighted by atomic mass is 79.9. The summed E-state index contributed by atoms with van der Waals surface area (Å²) in [7, 11) is 0. The van der Waals surface area contributed by atoms with Gasteiger partial charge in [-0.3, -0.25) is 4.79 Å². The molecular weight excluding hydrogens is 426 g/mol. The van der Waals surface area contributed by atoms with E-state index in [1.165, 1.54) is 17.3 Å². The molecule has 140 valence electrons. The summed E-state index contributed by atoms with van der Waals surface area (Å²) in [5.74, 6) is 0.324. The van der Waals surface area contributed by atoms with E-state index in [2.05, 4.69) is 38.4 Å². The largest absolute Gasteiger partial charge is 0.411 e. The van der Waals surface area contributed by atoms with Gasteiger partial charge in [0.25, 0.3) is 5.22 Å². The second-order valence-electron chi connectivity index (χ2n) is 6.40. The van der Waals surface area contributed by atoms with Gasteiger partial charge in [-0.15, -0.1) is 10.2 Å². The fraction of sp³-hybridized carbons (Fsp3) is 0.250. The van der Waals surface area contributed by atoms with Gasteiger partial charge in [0.15, 0.2) is 0 Å². The maximum atomic E-state index is 12.5. The molecule has 0 aliphatic carbocycles. The Morgan fingerprint density at radius 3 is 2.59 bits per heavy atom. The van der Waals surface area contributed by atoms with Gasteiger partial charge in [-0.05, 0) is 84.6 Å². The van der Waals surface area contributed by atoms with Gasteiger partial charge in [-0.25, -0.2) is 0 Å². The van der Waals surface area contributed by atoms with Crippen molar-refractivity contribution in [3.05, 3.63) is 57.6 Å².